The summed E-state index contributed by atoms with van der Waals surface area (Å²) in [6.07, 6.45) is 0. The minimum Gasteiger partial charge on any atom is -0.506 e. The molecule has 0 radical (unpaired) electrons. The van der Waals surface area contributed by atoms with E-state index in [0.29, 0.717) is 11.4 Å². The molecule has 2 aromatic rings. The SMILES string of the molecule is Cc1cc(C)cc(-n2nc(CS)c(O)cc2=O)c1. The minimum atomic E-state index is -0.358. The van der Waals surface area contributed by atoms with E-state index in [1.807, 2.05) is 32.0 Å². The molecular formula is C13H14N2O2S. The largest absolute Gasteiger partial charge is 0.506 e. The van der Waals surface area contributed by atoms with Gasteiger partial charge in [0.05, 0.1) is 5.69 Å². The zero-order chi connectivity index (χ0) is 13.3. The van der Waals surface area contributed by atoms with Crippen molar-refractivity contribution in [1.29, 1.82) is 0 Å². The van der Waals surface area contributed by atoms with Gasteiger partial charge in [0.2, 0.25) is 0 Å². The second-order valence-electron chi connectivity index (χ2n) is 4.23. The van der Waals surface area contributed by atoms with Crippen molar-refractivity contribution in [2.75, 3.05) is 0 Å². The van der Waals surface area contributed by atoms with Gasteiger partial charge in [-0.25, -0.2) is 0 Å². The highest BCUT2D eigenvalue weighted by atomic mass is 32.1. The van der Waals surface area contributed by atoms with Crippen LogP contribution >= 0.6 is 12.6 Å². The molecule has 0 bridgehead atoms. The summed E-state index contributed by atoms with van der Waals surface area (Å²) in [4.78, 5) is 11.8. The van der Waals surface area contributed by atoms with Crippen LogP contribution in [0.1, 0.15) is 16.8 Å². The Hall–Kier alpha value is -1.75. The normalized spacial score (nSPS) is 10.6. The molecule has 1 heterocycles. The first-order valence-electron chi connectivity index (χ1n) is 5.53. The van der Waals surface area contributed by atoms with E-state index in [1.54, 1.807) is 0 Å². The van der Waals surface area contributed by atoms with E-state index in [0.717, 1.165) is 17.2 Å². The van der Waals surface area contributed by atoms with Crippen molar-refractivity contribution in [2.24, 2.45) is 0 Å². The van der Waals surface area contributed by atoms with Crippen molar-refractivity contribution in [3.8, 4) is 11.4 Å². The van der Waals surface area contributed by atoms with Crippen LogP contribution in [0.4, 0.5) is 0 Å². The number of aryl methyl sites for hydroxylation is 2. The molecule has 4 nitrogen and oxygen atoms in total. The van der Waals surface area contributed by atoms with Crippen molar-refractivity contribution in [3.63, 3.8) is 0 Å². The lowest BCUT2D eigenvalue weighted by molar-refractivity contribution is 0.460. The highest BCUT2D eigenvalue weighted by molar-refractivity contribution is 7.79. The lowest BCUT2D eigenvalue weighted by Gasteiger charge is -2.09. The molecule has 0 aliphatic carbocycles. The third-order valence-electron chi connectivity index (χ3n) is 2.59. The van der Waals surface area contributed by atoms with Crippen LogP contribution in [0.5, 0.6) is 5.75 Å². The van der Waals surface area contributed by atoms with Gasteiger partial charge in [-0.15, -0.1) is 0 Å². The zero-order valence-corrected chi connectivity index (χ0v) is 11.1. The van der Waals surface area contributed by atoms with Crippen LogP contribution in [0, 0.1) is 13.8 Å². The average molecular weight is 262 g/mol. The fraction of sp³-hybridized carbons (Fsp3) is 0.231. The number of aromatic hydroxyl groups is 1. The van der Waals surface area contributed by atoms with Gasteiger partial charge in [0.1, 0.15) is 11.4 Å². The lowest BCUT2D eigenvalue weighted by atomic mass is 10.1. The number of hydrogen-bond donors (Lipinski definition) is 2. The van der Waals surface area contributed by atoms with E-state index in [1.165, 1.54) is 4.68 Å². The van der Waals surface area contributed by atoms with Crippen LogP contribution in [0.3, 0.4) is 0 Å². The first kappa shape index (κ1) is 12.7. The van der Waals surface area contributed by atoms with E-state index in [2.05, 4.69) is 17.7 Å². The topological polar surface area (TPSA) is 55.1 Å². The predicted molar refractivity (Wildman–Crippen MR) is 73.7 cm³/mol. The molecule has 5 heteroatoms. The Labute approximate surface area is 110 Å². The van der Waals surface area contributed by atoms with Gasteiger partial charge in [0.25, 0.3) is 5.56 Å². The van der Waals surface area contributed by atoms with Crippen molar-refractivity contribution in [2.45, 2.75) is 19.6 Å². The van der Waals surface area contributed by atoms with Crippen LogP contribution in [-0.2, 0) is 5.75 Å². The van der Waals surface area contributed by atoms with Crippen LogP contribution in [0.25, 0.3) is 5.69 Å². The molecule has 94 valence electrons. The van der Waals surface area contributed by atoms with E-state index in [4.69, 9.17) is 0 Å². The maximum atomic E-state index is 11.8. The summed E-state index contributed by atoms with van der Waals surface area (Å²) in [7, 11) is 0. The standard InChI is InChI=1S/C13H14N2O2S/c1-8-3-9(2)5-10(4-8)15-13(17)6-12(16)11(7-18)14-15/h3-6,16,18H,7H2,1-2H3. The number of hydrogen-bond acceptors (Lipinski definition) is 4. The van der Waals surface area contributed by atoms with Crippen molar-refractivity contribution in [1.82, 2.24) is 9.78 Å². The molecule has 1 aromatic heterocycles. The summed E-state index contributed by atoms with van der Waals surface area (Å²) in [5.41, 5.74) is 2.83. The molecule has 0 saturated heterocycles. The molecule has 0 amide bonds. The maximum Gasteiger partial charge on any atom is 0.275 e. The molecular weight excluding hydrogens is 248 g/mol. The maximum absolute atomic E-state index is 11.8. The van der Waals surface area contributed by atoms with E-state index < -0.39 is 0 Å². The quantitative estimate of drug-likeness (QED) is 0.814. The Bertz CT molecular complexity index is 630. The predicted octanol–water partition coefficient (Wildman–Crippen LogP) is 1.98. The summed E-state index contributed by atoms with van der Waals surface area (Å²) < 4.78 is 1.28. The smallest absolute Gasteiger partial charge is 0.275 e. The molecule has 1 aromatic carbocycles. The fourth-order valence-corrected chi connectivity index (χ4v) is 2.08. The molecule has 0 spiro atoms. The highest BCUT2D eigenvalue weighted by Gasteiger charge is 2.08. The molecule has 0 aliphatic rings. The monoisotopic (exact) mass is 262 g/mol. The molecule has 0 saturated carbocycles. The highest BCUT2D eigenvalue weighted by Crippen LogP contribution is 2.16. The van der Waals surface area contributed by atoms with Crippen molar-refractivity contribution >= 4 is 12.6 Å². The molecule has 1 N–H and O–H groups in total. The van der Waals surface area contributed by atoms with Gasteiger partial charge >= 0.3 is 0 Å². The average Bonchev–Trinajstić information content (AvgIpc) is 2.27. The minimum absolute atomic E-state index is 0.115. The molecule has 0 fully saturated rings. The summed E-state index contributed by atoms with van der Waals surface area (Å²) >= 11 is 4.08. The van der Waals surface area contributed by atoms with Crippen molar-refractivity contribution < 1.29 is 5.11 Å². The van der Waals surface area contributed by atoms with Gasteiger partial charge in [-0.3, -0.25) is 4.79 Å². The molecule has 18 heavy (non-hydrogen) atoms. The second kappa shape index (κ2) is 4.86. The van der Waals surface area contributed by atoms with Crippen LogP contribution < -0.4 is 5.56 Å². The number of aromatic nitrogens is 2. The van der Waals surface area contributed by atoms with Gasteiger partial charge in [-0.2, -0.15) is 22.4 Å². The fourth-order valence-electron chi connectivity index (χ4n) is 1.85. The van der Waals surface area contributed by atoms with Gasteiger partial charge in [0.15, 0.2) is 0 Å². The first-order valence-corrected chi connectivity index (χ1v) is 6.16. The molecule has 0 unspecified atom stereocenters. The molecule has 0 aliphatic heterocycles. The van der Waals surface area contributed by atoms with Gasteiger partial charge in [-0.05, 0) is 37.1 Å². The Morgan fingerprint density at radius 2 is 1.83 bits per heavy atom. The Morgan fingerprint density at radius 1 is 1.22 bits per heavy atom. The third kappa shape index (κ3) is 2.41. The van der Waals surface area contributed by atoms with Crippen LogP contribution in [-0.4, -0.2) is 14.9 Å². The van der Waals surface area contributed by atoms with Gasteiger partial charge < -0.3 is 5.11 Å². The summed E-state index contributed by atoms with van der Waals surface area (Å²) in [5.74, 6) is 0.160. The zero-order valence-electron chi connectivity index (χ0n) is 10.2. The van der Waals surface area contributed by atoms with Gasteiger partial charge in [-0.1, -0.05) is 6.07 Å². The Balaban J connectivity index is 2.67. The lowest BCUT2D eigenvalue weighted by Crippen LogP contribution is -2.21. The summed E-state index contributed by atoms with van der Waals surface area (Å²) in [5, 5.41) is 13.7. The number of thiol groups is 1. The Kier molecular flexibility index (Phi) is 3.43. The number of benzene rings is 1. The number of rotatable bonds is 2. The summed E-state index contributed by atoms with van der Waals surface area (Å²) in [6.45, 7) is 3.92. The third-order valence-corrected chi connectivity index (χ3v) is 2.89. The van der Waals surface area contributed by atoms with Crippen LogP contribution in [0.2, 0.25) is 0 Å². The summed E-state index contributed by atoms with van der Waals surface area (Å²) in [6, 6.07) is 6.94. The van der Waals surface area contributed by atoms with Gasteiger partial charge in [0, 0.05) is 11.8 Å². The first-order chi connectivity index (χ1) is 8.51. The second-order valence-corrected chi connectivity index (χ2v) is 4.55. The molecule has 0 atom stereocenters. The van der Waals surface area contributed by atoms with Crippen LogP contribution in [0.15, 0.2) is 29.1 Å². The van der Waals surface area contributed by atoms with E-state index >= 15 is 0 Å². The molecule has 2 rings (SSSR count). The number of nitrogens with zero attached hydrogens (tertiary/aromatic N) is 2. The van der Waals surface area contributed by atoms with E-state index in [-0.39, 0.29) is 17.1 Å². The van der Waals surface area contributed by atoms with Crippen molar-refractivity contribution in [3.05, 3.63) is 51.4 Å². The van der Waals surface area contributed by atoms with E-state index in [9.17, 15) is 9.90 Å². The Morgan fingerprint density at radius 3 is 2.39 bits per heavy atom.